The molecule has 22 heavy (non-hydrogen) atoms. The van der Waals surface area contributed by atoms with Gasteiger partial charge in [-0.2, -0.15) is 0 Å². The van der Waals surface area contributed by atoms with Crippen LogP contribution in [0.25, 0.3) is 0 Å². The molecule has 5 heteroatoms. The number of rotatable bonds is 8. The third-order valence-corrected chi connectivity index (χ3v) is 4.92. The number of hydrogen-bond acceptors (Lipinski definition) is 3. The van der Waals surface area contributed by atoms with Crippen LogP contribution in [0, 0.1) is 11.8 Å². The second-order valence-electron chi connectivity index (χ2n) is 6.40. The van der Waals surface area contributed by atoms with Gasteiger partial charge in [0.2, 0.25) is 5.91 Å². The van der Waals surface area contributed by atoms with Gasteiger partial charge in [-0.05, 0) is 31.6 Å². The zero-order valence-electron chi connectivity index (χ0n) is 13.2. The normalized spacial score (nSPS) is 23.6. The van der Waals surface area contributed by atoms with Gasteiger partial charge < -0.3 is 14.7 Å². The van der Waals surface area contributed by atoms with Crippen molar-refractivity contribution >= 4 is 11.9 Å². The zero-order chi connectivity index (χ0) is 15.9. The molecular weight excluding hydrogens is 282 g/mol. The quantitative estimate of drug-likeness (QED) is 0.552. The molecule has 1 saturated heterocycles. The van der Waals surface area contributed by atoms with Gasteiger partial charge in [0.15, 0.2) is 0 Å². The molecule has 2 atom stereocenters. The molecule has 1 saturated carbocycles. The van der Waals surface area contributed by atoms with Gasteiger partial charge in [0, 0.05) is 13.0 Å². The highest BCUT2D eigenvalue weighted by Crippen LogP contribution is 2.34. The van der Waals surface area contributed by atoms with E-state index < -0.39 is 11.9 Å². The average Bonchev–Trinajstić information content (AvgIpc) is 3.15. The van der Waals surface area contributed by atoms with Gasteiger partial charge in [-0.15, -0.1) is 6.58 Å². The number of carbonyl (C=O) groups excluding carboxylic acids is 1. The van der Waals surface area contributed by atoms with E-state index in [0.717, 1.165) is 45.1 Å². The molecule has 0 radical (unpaired) electrons. The predicted octanol–water partition coefficient (Wildman–Crippen LogP) is 2.46. The summed E-state index contributed by atoms with van der Waals surface area (Å²) in [6.07, 6.45) is 7.79. The third-order valence-electron chi connectivity index (χ3n) is 4.92. The van der Waals surface area contributed by atoms with Crippen LogP contribution < -0.4 is 0 Å². The Labute approximate surface area is 132 Å². The van der Waals surface area contributed by atoms with Gasteiger partial charge in [-0.3, -0.25) is 9.59 Å². The lowest BCUT2D eigenvalue weighted by molar-refractivity contribution is -0.148. The second kappa shape index (κ2) is 8.32. The first-order valence-electron chi connectivity index (χ1n) is 8.34. The van der Waals surface area contributed by atoms with Crippen molar-refractivity contribution < 1.29 is 19.4 Å². The maximum Gasteiger partial charge on any atom is 0.307 e. The fraction of sp³-hybridized carbons (Fsp3) is 0.765. The molecule has 1 heterocycles. The van der Waals surface area contributed by atoms with E-state index in [1.54, 1.807) is 6.08 Å². The van der Waals surface area contributed by atoms with Crippen LogP contribution in [0.1, 0.15) is 44.9 Å². The van der Waals surface area contributed by atoms with Gasteiger partial charge in [-0.25, -0.2) is 0 Å². The summed E-state index contributed by atoms with van der Waals surface area (Å²) < 4.78 is 5.47. The fourth-order valence-electron chi connectivity index (χ4n) is 3.75. The lowest BCUT2D eigenvalue weighted by Gasteiger charge is -2.27. The van der Waals surface area contributed by atoms with Crippen molar-refractivity contribution in [2.45, 2.75) is 51.0 Å². The summed E-state index contributed by atoms with van der Waals surface area (Å²) in [6.45, 7) is 5.33. The molecule has 0 aromatic rings. The molecular formula is C17H27NO4. The summed E-state index contributed by atoms with van der Waals surface area (Å²) in [7, 11) is 0. The summed E-state index contributed by atoms with van der Waals surface area (Å²) in [5.74, 6) is -1.20. The van der Waals surface area contributed by atoms with Crippen molar-refractivity contribution in [1.82, 2.24) is 4.90 Å². The molecule has 2 aliphatic rings. The summed E-state index contributed by atoms with van der Waals surface area (Å²) >= 11 is 0. The number of aliphatic carboxylic acids is 1. The van der Waals surface area contributed by atoms with Crippen LogP contribution in [0.5, 0.6) is 0 Å². The molecule has 1 aliphatic carbocycles. The minimum atomic E-state index is -0.820. The first-order valence-corrected chi connectivity index (χ1v) is 8.34. The minimum Gasteiger partial charge on any atom is -0.481 e. The largest absolute Gasteiger partial charge is 0.481 e. The lowest BCUT2D eigenvalue weighted by atomic mass is 9.87. The molecule has 1 amide bonds. The zero-order valence-corrected chi connectivity index (χ0v) is 13.2. The summed E-state index contributed by atoms with van der Waals surface area (Å²) in [5, 5.41) is 9.46. The highest BCUT2D eigenvalue weighted by molar-refractivity contribution is 5.83. The van der Waals surface area contributed by atoms with Crippen molar-refractivity contribution in [3.8, 4) is 0 Å². The van der Waals surface area contributed by atoms with E-state index in [1.807, 2.05) is 4.90 Å². The molecule has 1 N–H and O–H groups in total. The van der Waals surface area contributed by atoms with Crippen molar-refractivity contribution in [2.75, 3.05) is 19.8 Å². The Morgan fingerprint density at radius 1 is 1.27 bits per heavy atom. The first-order chi connectivity index (χ1) is 10.6. The minimum absolute atomic E-state index is 0.0241. The number of ether oxygens (including phenoxy) is 1. The van der Waals surface area contributed by atoms with Crippen molar-refractivity contribution in [3.63, 3.8) is 0 Å². The van der Waals surface area contributed by atoms with Gasteiger partial charge in [0.05, 0.1) is 25.2 Å². The van der Waals surface area contributed by atoms with Gasteiger partial charge >= 0.3 is 5.97 Å². The molecule has 124 valence electrons. The summed E-state index contributed by atoms with van der Waals surface area (Å²) in [4.78, 5) is 25.9. The molecule has 0 aromatic carbocycles. The second-order valence-corrected chi connectivity index (χ2v) is 6.40. The topological polar surface area (TPSA) is 66.8 Å². The number of hydrogen-bond donors (Lipinski definition) is 1. The van der Waals surface area contributed by atoms with Crippen LogP contribution in [-0.2, 0) is 14.3 Å². The molecule has 2 rings (SSSR count). The van der Waals surface area contributed by atoms with Crippen LogP contribution in [0.3, 0.4) is 0 Å². The molecule has 0 bridgehead atoms. The third kappa shape index (κ3) is 4.32. The van der Waals surface area contributed by atoms with Gasteiger partial charge in [0.1, 0.15) is 0 Å². The Morgan fingerprint density at radius 3 is 2.64 bits per heavy atom. The number of carboxylic acid groups (broad SMARTS) is 1. The Kier molecular flexibility index (Phi) is 6.43. The number of amides is 1. The highest BCUT2D eigenvalue weighted by atomic mass is 16.5. The first kappa shape index (κ1) is 17.0. The van der Waals surface area contributed by atoms with E-state index in [0.29, 0.717) is 13.2 Å². The molecule has 0 aromatic heterocycles. The van der Waals surface area contributed by atoms with Crippen LogP contribution in [0.4, 0.5) is 0 Å². The van der Waals surface area contributed by atoms with Crippen LogP contribution in [-0.4, -0.2) is 47.7 Å². The fourth-order valence-corrected chi connectivity index (χ4v) is 3.75. The maximum absolute atomic E-state index is 12.5. The maximum atomic E-state index is 12.5. The predicted molar refractivity (Wildman–Crippen MR) is 83.5 cm³/mol. The molecule has 5 nitrogen and oxygen atoms in total. The number of likely N-dealkylation sites (tertiary alicyclic amines) is 1. The standard InChI is InChI=1S/C17H27NO4/c1-2-10-22-12-14-8-5-9-18(14)16(19)11-15(17(20)21)13-6-3-4-7-13/h2,13-15H,1,3-12H2,(H,20,21)/t14-,15-/m0/s1. The lowest BCUT2D eigenvalue weighted by Crippen LogP contribution is -2.40. The van der Waals surface area contributed by atoms with E-state index in [-0.39, 0.29) is 24.3 Å². The molecule has 2 fully saturated rings. The Morgan fingerprint density at radius 2 is 2.00 bits per heavy atom. The Balaban J connectivity index is 1.90. The van der Waals surface area contributed by atoms with Gasteiger partial charge in [0.25, 0.3) is 0 Å². The average molecular weight is 309 g/mol. The Bertz CT molecular complexity index is 403. The van der Waals surface area contributed by atoms with E-state index in [9.17, 15) is 14.7 Å². The molecule has 0 unspecified atom stereocenters. The Hall–Kier alpha value is -1.36. The van der Waals surface area contributed by atoms with E-state index in [2.05, 4.69) is 6.58 Å². The van der Waals surface area contributed by atoms with E-state index in [4.69, 9.17) is 4.74 Å². The summed E-state index contributed by atoms with van der Waals surface area (Å²) in [5.41, 5.74) is 0. The van der Waals surface area contributed by atoms with Crippen molar-refractivity contribution in [2.24, 2.45) is 11.8 Å². The van der Waals surface area contributed by atoms with E-state index >= 15 is 0 Å². The van der Waals surface area contributed by atoms with Crippen molar-refractivity contribution in [3.05, 3.63) is 12.7 Å². The van der Waals surface area contributed by atoms with E-state index in [1.165, 1.54) is 0 Å². The smallest absolute Gasteiger partial charge is 0.307 e. The number of nitrogens with zero attached hydrogens (tertiary/aromatic N) is 1. The van der Waals surface area contributed by atoms with Crippen LogP contribution in [0.15, 0.2) is 12.7 Å². The van der Waals surface area contributed by atoms with Crippen molar-refractivity contribution in [1.29, 1.82) is 0 Å². The number of carboxylic acids is 1. The van der Waals surface area contributed by atoms with Crippen LogP contribution in [0.2, 0.25) is 0 Å². The van der Waals surface area contributed by atoms with Gasteiger partial charge in [-0.1, -0.05) is 18.9 Å². The monoisotopic (exact) mass is 309 g/mol. The van der Waals surface area contributed by atoms with Crippen LogP contribution >= 0.6 is 0 Å². The highest BCUT2D eigenvalue weighted by Gasteiger charge is 2.36. The number of carbonyl (C=O) groups is 2. The summed E-state index contributed by atoms with van der Waals surface area (Å²) in [6, 6.07) is 0.0884. The SMILES string of the molecule is C=CCOC[C@@H]1CCCN1C(=O)C[C@H](C(=O)O)C1CCCC1. The molecule has 1 aliphatic heterocycles. The molecule has 0 spiro atoms.